The Bertz CT molecular complexity index is 4540. The van der Waals surface area contributed by atoms with E-state index in [-0.39, 0.29) is 0 Å². The van der Waals surface area contributed by atoms with E-state index in [4.69, 9.17) is 4.42 Å². The minimum absolute atomic E-state index is 0.465. The summed E-state index contributed by atoms with van der Waals surface area (Å²) in [5.41, 5.74) is 25.3. The maximum absolute atomic E-state index is 7.02. The van der Waals surface area contributed by atoms with Crippen molar-refractivity contribution >= 4 is 60.8 Å². The normalized spacial score (nSPS) is 12.8. The molecule has 0 saturated heterocycles. The highest BCUT2D eigenvalue weighted by Crippen LogP contribution is 2.63. The van der Waals surface area contributed by atoms with Crippen LogP contribution in [0, 0.1) is 0 Å². The van der Waals surface area contributed by atoms with Crippen molar-refractivity contribution in [3.63, 3.8) is 0 Å². The van der Waals surface area contributed by atoms with Gasteiger partial charge in [-0.15, -0.1) is 0 Å². The molecule has 76 heavy (non-hydrogen) atoms. The molecule has 0 bridgehead atoms. The van der Waals surface area contributed by atoms with Gasteiger partial charge in [0.25, 0.3) is 0 Å². The van der Waals surface area contributed by atoms with Crippen LogP contribution in [0.15, 0.2) is 283 Å². The second-order valence-electron chi connectivity index (χ2n) is 20.3. The van der Waals surface area contributed by atoms with Gasteiger partial charge in [0.1, 0.15) is 11.2 Å². The van der Waals surface area contributed by atoms with Crippen molar-refractivity contribution in [1.29, 1.82) is 0 Å². The van der Waals surface area contributed by atoms with E-state index in [1.54, 1.807) is 0 Å². The summed E-state index contributed by atoms with van der Waals surface area (Å²) < 4.78 is 9.45. The molecule has 0 saturated carbocycles. The number of fused-ring (bicyclic) bond motifs is 17. The molecule has 0 unspecified atom stereocenters. The van der Waals surface area contributed by atoms with Crippen molar-refractivity contribution in [3.8, 4) is 61.3 Å². The van der Waals surface area contributed by atoms with E-state index in [0.29, 0.717) is 0 Å². The lowest BCUT2D eigenvalue weighted by atomic mass is 9.70. The number of rotatable bonds is 7. The van der Waals surface area contributed by atoms with Crippen LogP contribution in [0.1, 0.15) is 22.3 Å². The molecule has 354 valence electrons. The third-order valence-electron chi connectivity index (χ3n) is 16.4. The molecule has 2 heterocycles. The summed E-state index contributed by atoms with van der Waals surface area (Å²) in [6.45, 7) is 0. The molecule has 1 spiro atoms. The lowest BCUT2D eigenvalue weighted by molar-refractivity contribution is 0.670. The van der Waals surface area contributed by atoms with Crippen LogP contribution in [0.4, 0.5) is 17.1 Å². The second kappa shape index (κ2) is 16.5. The molecular formula is C73H46N2O. The zero-order valence-electron chi connectivity index (χ0n) is 41.4. The largest absolute Gasteiger partial charge is 0.455 e. The first-order valence-electron chi connectivity index (χ1n) is 26.2. The van der Waals surface area contributed by atoms with Gasteiger partial charge < -0.3 is 13.9 Å². The summed E-state index contributed by atoms with van der Waals surface area (Å²) in [6, 6.07) is 102. The van der Waals surface area contributed by atoms with Gasteiger partial charge in [0.2, 0.25) is 0 Å². The summed E-state index contributed by atoms with van der Waals surface area (Å²) in [5, 5.41) is 4.59. The van der Waals surface area contributed by atoms with Gasteiger partial charge >= 0.3 is 0 Å². The number of furan rings is 1. The molecular weight excluding hydrogens is 921 g/mol. The van der Waals surface area contributed by atoms with E-state index in [0.717, 1.165) is 66.8 Å². The van der Waals surface area contributed by atoms with Crippen LogP contribution in [0.5, 0.6) is 0 Å². The molecule has 2 aliphatic carbocycles. The molecule has 0 atom stereocenters. The molecule has 0 radical (unpaired) electrons. The molecule has 0 amide bonds. The number of benzene rings is 12. The van der Waals surface area contributed by atoms with Crippen molar-refractivity contribution in [2.45, 2.75) is 5.41 Å². The average Bonchev–Trinajstić information content (AvgIpc) is 4.42. The number of aromatic nitrogens is 1. The minimum atomic E-state index is -0.465. The Hall–Kier alpha value is -9.96. The first kappa shape index (κ1) is 42.5. The summed E-state index contributed by atoms with van der Waals surface area (Å²) in [4.78, 5) is 2.43. The Morgan fingerprint density at radius 3 is 1.38 bits per heavy atom. The number of anilines is 3. The predicted molar refractivity (Wildman–Crippen MR) is 315 cm³/mol. The zero-order chi connectivity index (χ0) is 49.9. The molecule has 0 fully saturated rings. The van der Waals surface area contributed by atoms with Crippen LogP contribution in [0.3, 0.4) is 0 Å². The van der Waals surface area contributed by atoms with Gasteiger partial charge in [-0.1, -0.05) is 212 Å². The Balaban J connectivity index is 0.881. The highest BCUT2D eigenvalue weighted by Gasteiger charge is 2.51. The Morgan fingerprint density at radius 1 is 0.316 bits per heavy atom. The van der Waals surface area contributed by atoms with Crippen LogP contribution in [-0.2, 0) is 5.41 Å². The lowest BCUT2D eigenvalue weighted by Crippen LogP contribution is -2.26. The van der Waals surface area contributed by atoms with Gasteiger partial charge in [0, 0.05) is 44.5 Å². The topological polar surface area (TPSA) is 21.3 Å². The van der Waals surface area contributed by atoms with Crippen molar-refractivity contribution < 1.29 is 4.42 Å². The average molecular weight is 967 g/mol. The van der Waals surface area contributed by atoms with Crippen LogP contribution in [0.25, 0.3) is 105 Å². The molecule has 12 aromatic carbocycles. The number of nitrogens with zero attached hydrogens (tertiary/aromatic N) is 2. The summed E-state index contributed by atoms with van der Waals surface area (Å²) in [5.74, 6) is 0. The summed E-state index contributed by atoms with van der Waals surface area (Å²) in [7, 11) is 0. The van der Waals surface area contributed by atoms with E-state index in [1.807, 2.05) is 0 Å². The van der Waals surface area contributed by atoms with E-state index in [9.17, 15) is 0 Å². The van der Waals surface area contributed by atoms with Crippen LogP contribution < -0.4 is 4.90 Å². The van der Waals surface area contributed by atoms with Crippen LogP contribution in [0.2, 0.25) is 0 Å². The summed E-state index contributed by atoms with van der Waals surface area (Å²) in [6.07, 6.45) is 0. The number of hydrogen-bond acceptors (Lipinski definition) is 2. The molecule has 14 aromatic rings. The molecule has 16 rings (SSSR count). The quantitative estimate of drug-likeness (QED) is 0.159. The van der Waals surface area contributed by atoms with Gasteiger partial charge in [0.15, 0.2) is 0 Å². The van der Waals surface area contributed by atoms with Gasteiger partial charge in [-0.3, -0.25) is 0 Å². The van der Waals surface area contributed by atoms with E-state index in [2.05, 4.69) is 289 Å². The number of para-hydroxylation sites is 2. The van der Waals surface area contributed by atoms with E-state index < -0.39 is 5.41 Å². The van der Waals surface area contributed by atoms with Crippen molar-refractivity contribution in [2.24, 2.45) is 0 Å². The minimum Gasteiger partial charge on any atom is -0.455 e. The third-order valence-corrected chi connectivity index (χ3v) is 16.4. The van der Waals surface area contributed by atoms with Gasteiger partial charge in [0.05, 0.1) is 21.8 Å². The monoisotopic (exact) mass is 966 g/mol. The fourth-order valence-corrected chi connectivity index (χ4v) is 13.1. The molecule has 2 aliphatic rings. The fraction of sp³-hybridized carbons (Fsp3) is 0.0137. The molecule has 2 aromatic heterocycles. The predicted octanol–water partition coefficient (Wildman–Crippen LogP) is 19.5. The smallest absolute Gasteiger partial charge is 0.145 e. The maximum atomic E-state index is 7.02. The number of hydrogen-bond donors (Lipinski definition) is 0. The third kappa shape index (κ3) is 6.11. The first-order valence-corrected chi connectivity index (χ1v) is 26.2. The fourth-order valence-electron chi connectivity index (χ4n) is 13.1. The lowest BCUT2D eigenvalue weighted by Gasteiger charge is -2.32. The maximum Gasteiger partial charge on any atom is 0.145 e. The molecule has 0 aliphatic heterocycles. The first-order chi connectivity index (χ1) is 37.7. The van der Waals surface area contributed by atoms with Gasteiger partial charge in [-0.2, -0.15) is 0 Å². The van der Waals surface area contributed by atoms with Crippen LogP contribution >= 0.6 is 0 Å². The Labute approximate surface area is 440 Å². The van der Waals surface area contributed by atoms with Crippen LogP contribution in [-0.4, -0.2) is 4.57 Å². The van der Waals surface area contributed by atoms with Gasteiger partial charge in [-0.25, -0.2) is 0 Å². The van der Waals surface area contributed by atoms with Crippen molar-refractivity contribution in [3.05, 3.63) is 301 Å². The second-order valence-corrected chi connectivity index (χ2v) is 20.3. The SMILES string of the molecule is c1ccc(-c2ccc(N(c3ccc(-c4cc5c6ccccc6n(-c6ccc(-c7ccccc7)cc6)c5c5c4oc4ccccc45)cc3)c3ccc4c(c3)C3(c5ccccc5-c5ccccc53)c3ccccc3-4)cc2)cc1. The summed E-state index contributed by atoms with van der Waals surface area (Å²) >= 11 is 0. The van der Waals surface area contributed by atoms with E-state index >= 15 is 0 Å². The highest BCUT2D eigenvalue weighted by molar-refractivity contribution is 6.27. The molecule has 3 nitrogen and oxygen atoms in total. The molecule has 3 heteroatoms. The Kier molecular flexibility index (Phi) is 9.25. The standard InChI is InChI=1S/C73H46N2O/c1-3-17-47(18-4-1)49-31-37-52(38-32-49)74(55-43-44-59-58-23-9-14-28-66(58)73(67(59)45-55)64-26-12-7-21-56(64)57-22-8-13-27-65(57)73)53-41-35-51(36-42-53)62-46-63-60-24-10-15-29-68(60)75(54-39-33-50(34-40-54)48-19-5-2-6-20-48)71(63)70-61-25-11-16-30-69(61)76-72(62)70/h1-46H. The molecule has 0 N–H and O–H groups in total. The Morgan fingerprint density at radius 2 is 0.776 bits per heavy atom. The van der Waals surface area contributed by atoms with Crippen molar-refractivity contribution in [2.75, 3.05) is 4.90 Å². The van der Waals surface area contributed by atoms with Gasteiger partial charge in [-0.05, 0) is 139 Å². The van der Waals surface area contributed by atoms with E-state index in [1.165, 1.54) is 77.5 Å². The van der Waals surface area contributed by atoms with Crippen molar-refractivity contribution in [1.82, 2.24) is 4.57 Å². The zero-order valence-corrected chi connectivity index (χ0v) is 41.4. The highest BCUT2D eigenvalue weighted by atomic mass is 16.3.